The van der Waals surface area contributed by atoms with E-state index in [1.165, 1.54) is 5.56 Å². The molecule has 0 amide bonds. The van der Waals surface area contributed by atoms with E-state index in [1.54, 1.807) is 17.1 Å². The summed E-state index contributed by atoms with van der Waals surface area (Å²) >= 11 is 0. The zero-order valence-corrected chi connectivity index (χ0v) is 9.97. The average Bonchev–Trinajstić information content (AvgIpc) is 2.77. The molecular weight excluding hydrogens is 212 g/mol. The first-order chi connectivity index (χ1) is 8.25. The van der Waals surface area contributed by atoms with E-state index in [9.17, 15) is 4.79 Å². The Bertz CT molecular complexity index is 488. The van der Waals surface area contributed by atoms with Crippen molar-refractivity contribution in [3.63, 3.8) is 0 Å². The number of nitrogens with zero attached hydrogens (tertiary/aromatic N) is 2. The van der Waals surface area contributed by atoms with Crippen LogP contribution in [0.15, 0.2) is 42.7 Å². The van der Waals surface area contributed by atoms with Crippen molar-refractivity contribution in [2.45, 2.75) is 19.3 Å². The van der Waals surface area contributed by atoms with Gasteiger partial charge in [0.15, 0.2) is 5.78 Å². The summed E-state index contributed by atoms with van der Waals surface area (Å²) in [6.45, 7) is 0. The molecule has 0 aliphatic rings. The highest BCUT2D eigenvalue weighted by atomic mass is 16.1. The number of carbonyl (C=O) groups is 1. The van der Waals surface area contributed by atoms with Crippen LogP contribution in [0.5, 0.6) is 0 Å². The van der Waals surface area contributed by atoms with Crippen LogP contribution in [0.3, 0.4) is 0 Å². The first-order valence-electron chi connectivity index (χ1n) is 5.81. The Kier molecular flexibility index (Phi) is 3.70. The second-order valence-electron chi connectivity index (χ2n) is 4.17. The van der Waals surface area contributed by atoms with Gasteiger partial charge in [-0.2, -0.15) is 5.10 Å². The van der Waals surface area contributed by atoms with Crippen LogP contribution in [-0.4, -0.2) is 15.6 Å². The molecule has 17 heavy (non-hydrogen) atoms. The van der Waals surface area contributed by atoms with E-state index in [2.05, 4.69) is 17.2 Å². The molecule has 0 unspecified atom stereocenters. The van der Waals surface area contributed by atoms with Gasteiger partial charge in [-0.05, 0) is 18.4 Å². The molecule has 0 bridgehead atoms. The third-order valence-electron chi connectivity index (χ3n) is 2.74. The van der Waals surface area contributed by atoms with Crippen LogP contribution in [0.25, 0.3) is 0 Å². The van der Waals surface area contributed by atoms with E-state index in [0.29, 0.717) is 12.0 Å². The number of aryl methyl sites for hydroxylation is 2. The van der Waals surface area contributed by atoms with Gasteiger partial charge in [0.1, 0.15) is 0 Å². The molecule has 0 radical (unpaired) electrons. The Labute approximate surface area is 101 Å². The van der Waals surface area contributed by atoms with Gasteiger partial charge in [-0.15, -0.1) is 0 Å². The lowest BCUT2D eigenvalue weighted by Gasteiger charge is -2.00. The fourth-order valence-electron chi connectivity index (χ4n) is 1.81. The van der Waals surface area contributed by atoms with Crippen LogP contribution in [0.2, 0.25) is 0 Å². The minimum absolute atomic E-state index is 0.175. The lowest BCUT2D eigenvalue weighted by Crippen LogP contribution is -1.98. The molecular formula is C14H16N2O. The van der Waals surface area contributed by atoms with Crippen molar-refractivity contribution < 1.29 is 4.79 Å². The molecule has 0 N–H and O–H groups in total. The van der Waals surface area contributed by atoms with E-state index in [4.69, 9.17) is 0 Å². The Hall–Kier alpha value is -1.90. The first kappa shape index (κ1) is 11.6. The van der Waals surface area contributed by atoms with Gasteiger partial charge in [0.25, 0.3) is 0 Å². The number of hydrogen-bond acceptors (Lipinski definition) is 2. The van der Waals surface area contributed by atoms with Gasteiger partial charge in [0.2, 0.25) is 0 Å². The summed E-state index contributed by atoms with van der Waals surface area (Å²) in [5, 5.41) is 4.00. The summed E-state index contributed by atoms with van der Waals surface area (Å²) in [5.41, 5.74) is 1.99. The highest BCUT2D eigenvalue weighted by Gasteiger charge is 2.07. The zero-order valence-electron chi connectivity index (χ0n) is 9.97. The van der Waals surface area contributed by atoms with Gasteiger partial charge < -0.3 is 0 Å². The predicted molar refractivity (Wildman–Crippen MR) is 66.9 cm³/mol. The maximum absolute atomic E-state index is 11.8. The number of rotatable bonds is 5. The molecule has 2 rings (SSSR count). The lowest BCUT2D eigenvalue weighted by atomic mass is 10.0. The smallest absolute Gasteiger partial charge is 0.166 e. The van der Waals surface area contributed by atoms with Gasteiger partial charge in [-0.3, -0.25) is 9.48 Å². The molecule has 0 aliphatic heterocycles. The number of hydrogen-bond donors (Lipinski definition) is 0. The number of Topliss-reactive ketones (excluding diaryl/α,β-unsaturated/α-hetero) is 1. The third kappa shape index (κ3) is 3.28. The quantitative estimate of drug-likeness (QED) is 0.737. The number of benzene rings is 1. The highest BCUT2D eigenvalue weighted by molar-refractivity contribution is 5.95. The molecule has 1 aromatic heterocycles. The fourth-order valence-corrected chi connectivity index (χ4v) is 1.81. The topological polar surface area (TPSA) is 34.9 Å². The molecule has 2 aromatic rings. The van der Waals surface area contributed by atoms with Gasteiger partial charge in [-0.25, -0.2) is 0 Å². The van der Waals surface area contributed by atoms with Gasteiger partial charge in [0, 0.05) is 19.7 Å². The second kappa shape index (κ2) is 5.43. The van der Waals surface area contributed by atoms with Crippen molar-refractivity contribution in [2.75, 3.05) is 0 Å². The normalized spacial score (nSPS) is 10.4. The van der Waals surface area contributed by atoms with Gasteiger partial charge in [-0.1, -0.05) is 30.3 Å². The molecule has 88 valence electrons. The van der Waals surface area contributed by atoms with E-state index in [-0.39, 0.29) is 5.78 Å². The summed E-state index contributed by atoms with van der Waals surface area (Å²) in [7, 11) is 1.82. The van der Waals surface area contributed by atoms with Crippen molar-refractivity contribution in [2.24, 2.45) is 7.05 Å². The van der Waals surface area contributed by atoms with Crippen LogP contribution < -0.4 is 0 Å². The van der Waals surface area contributed by atoms with Crippen molar-refractivity contribution >= 4 is 5.78 Å². The largest absolute Gasteiger partial charge is 0.294 e. The van der Waals surface area contributed by atoms with Crippen LogP contribution in [0.4, 0.5) is 0 Å². The van der Waals surface area contributed by atoms with E-state index >= 15 is 0 Å². The summed E-state index contributed by atoms with van der Waals surface area (Å²) in [6, 6.07) is 10.2. The van der Waals surface area contributed by atoms with Crippen LogP contribution in [-0.2, 0) is 13.5 Å². The number of carbonyl (C=O) groups excluding carboxylic acids is 1. The molecule has 1 heterocycles. The van der Waals surface area contributed by atoms with Gasteiger partial charge >= 0.3 is 0 Å². The summed E-state index contributed by atoms with van der Waals surface area (Å²) in [4.78, 5) is 11.8. The van der Waals surface area contributed by atoms with Crippen molar-refractivity contribution in [3.05, 3.63) is 53.9 Å². The highest BCUT2D eigenvalue weighted by Crippen LogP contribution is 2.08. The van der Waals surface area contributed by atoms with Crippen LogP contribution in [0, 0.1) is 0 Å². The molecule has 3 nitrogen and oxygen atoms in total. The molecule has 0 atom stereocenters. The Morgan fingerprint density at radius 3 is 2.71 bits per heavy atom. The van der Waals surface area contributed by atoms with Crippen LogP contribution >= 0.6 is 0 Å². The van der Waals surface area contributed by atoms with Crippen molar-refractivity contribution in [1.82, 2.24) is 9.78 Å². The minimum Gasteiger partial charge on any atom is -0.294 e. The summed E-state index contributed by atoms with van der Waals surface area (Å²) < 4.78 is 1.66. The zero-order chi connectivity index (χ0) is 12.1. The molecule has 0 saturated heterocycles. The maximum atomic E-state index is 11.8. The van der Waals surface area contributed by atoms with E-state index < -0.39 is 0 Å². The van der Waals surface area contributed by atoms with E-state index in [0.717, 1.165) is 12.8 Å². The SMILES string of the molecule is Cn1cc(C(=O)CCCc2ccccc2)cn1. The van der Waals surface area contributed by atoms with Gasteiger partial charge in [0.05, 0.1) is 11.8 Å². The Balaban J connectivity index is 1.81. The predicted octanol–water partition coefficient (Wildman–Crippen LogP) is 2.63. The summed E-state index contributed by atoms with van der Waals surface area (Å²) in [6.07, 6.45) is 5.82. The molecule has 1 aromatic carbocycles. The molecule has 0 aliphatic carbocycles. The third-order valence-corrected chi connectivity index (χ3v) is 2.74. The number of ketones is 1. The first-order valence-corrected chi connectivity index (χ1v) is 5.81. The monoisotopic (exact) mass is 228 g/mol. The number of aromatic nitrogens is 2. The van der Waals surface area contributed by atoms with Crippen molar-refractivity contribution in [3.8, 4) is 0 Å². The minimum atomic E-state index is 0.175. The molecule has 0 fully saturated rings. The molecule has 0 saturated carbocycles. The average molecular weight is 228 g/mol. The molecule has 3 heteroatoms. The Morgan fingerprint density at radius 2 is 2.06 bits per heavy atom. The summed E-state index contributed by atoms with van der Waals surface area (Å²) in [5.74, 6) is 0.175. The fraction of sp³-hybridized carbons (Fsp3) is 0.286. The second-order valence-corrected chi connectivity index (χ2v) is 4.17. The lowest BCUT2D eigenvalue weighted by molar-refractivity contribution is 0.0980. The van der Waals surface area contributed by atoms with Crippen molar-refractivity contribution in [1.29, 1.82) is 0 Å². The van der Waals surface area contributed by atoms with E-state index in [1.807, 2.05) is 25.2 Å². The molecule has 0 spiro atoms. The maximum Gasteiger partial charge on any atom is 0.166 e. The van der Waals surface area contributed by atoms with Crippen LogP contribution in [0.1, 0.15) is 28.8 Å². The standard InChI is InChI=1S/C14H16N2O/c1-16-11-13(10-15-16)14(17)9-5-8-12-6-3-2-4-7-12/h2-4,6-7,10-11H,5,8-9H2,1H3. The Morgan fingerprint density at radius 1 is 1.29 bits per heavy atom.